The molecule has 128 valence electrons. The summed E-state index contributed by atoms with van der Waals surface area (Å²) >= 11 is 0. The van der Waals surface area contributed by atoms with E-state index in [0.717, 1.165) is 42.9 Å². The second-order valence-electron chi connectivity index (χ2n) is 7.00. The van der Waals surface area contributed by atoms with Crippen molar-refractivity contribution >= 4 is 5.91 Å². The largest absolute Gasteiger partial charge is 0.425 e. The molecule has 5 nitrogen and oxygen atoms in total. The van der Waals surface area contributed by atoms with Crippen LogP contribution in [0.2, 0.25) is 0 Å². The number of amides is 1. The lowest BCUT2D eigenvalue weighted by molar-refractivity contribution is 0.0706. The van der Waals surface area contributed by atoms with Crippen LogP contribution >= 0.6 is 0 Å². The van der Waals surface area contributed by atoms with Gasteiger partial charge in [-0.25, -0.2) is 0 Å². The quantitative estimate of drug-likeness (QED) is 0.859. The van der Waals surface area contributed by atoms with E-state index in [1.165, 1.54) is 5.56 Å². The molecule has 24 heavy (non-hydrogen) atoms. The highest BCUT2D eigenvalue weighted by atomic mass is 16.4. The molecular formula is C19H25N3O2. The Kier molecular flexibility index (Phi) is 4.69. The van der Waals surface area contributed by atoms with Crippen molar-refractivity contribution < 1.29 is 9.21 Å². The Balaban J connectivity index is 1.63. The van der Waals surface area contributed by atoms with Crippen LogP contribution in [0.1, 0.15) is 71.8 Å². The lowest BCUT2D eigenvalue weighted by atomic mass is 9.96. The highest BCUT2D eigenvalue weighted by molar-refractivity contribution is 5.94. The number of hydrogen-bond acceptors (Lipinski definition) is 4. The molecule has 1 aromatic carbocycles. The molecule has 1 saturated heterocycles. The van der Waals surface area contributed by atoms with Crippen LogP contribution < -0.4 is 0 Å². The molecule has 3 rings (SSSR count). The number of aromatic nitrogens is 2. The summed E-state index contributed by atoms with van der Waals surface area (Å²) in [6.45, 7) is 9.65. The monoisotopic (exact) mass is 327 g/mol. The first-order chi connectivity index (χ1) is 11.5. The van der Waals surface area contributed by atoms with Gasteiger partial charge in [0, 0.05) is 30.5 Å². The van der Waals surface area contributed by atoms with Gasteiger partial charge in [0.2, 0.25) is 11.8 Å². The molecule has 0 spiro atoms. The van der Waals surface area contributed by atoms with E-state index in [1.807, 2.05) is 43.9 Å². The summed E-state index contributed by atoms with van der Waals surface area (Å²) in [5.74, 6) is 2.03. The number of rotatable bonds is 3. The van der Waals surface area contributed by atoms with Gasteiger partial charge in [0.25, 0.3) is 5.91 Å². The molecule has 0 bridgehead atoms. The first-order valence-electron chi connectivity index (χ1n) is 8.65. The van der Waals surface area contributed by atoms with E-state index in [4.69, 9.17) is 4.42 Å². The molecule has 1 fully saturated rings. The molecule has 1 aliphatic rings. The van der Waals surface area contributed by atoms with Crippen LogP contribution in [0.3, 0.4) is 0 Å². The number of piperidine rings is 1. The Morgan fingerprint density at radius 1 is 1.17 bits per heavy atom. The van der Waals surface area contributed by atoms with Gasteiger partial charge in [-0.1, -0.05) is 19.9 Å². The maximum atomic E-state index is 12.7. The van der Waals surface area contributed by atoms with Crippen molar-refractivity contribution in [3.05, 3.63) is 46.7 Å². The third kappa shape index (κ3) is 3.35. The zero-order chi connectivity index (χ0) is 17.3. The predicted molar refractivity (Wildman–Crippen MR) is 92.2 cm³/mol. The Hall–Kier alpha value is -2.17. The van der Waals surface area contributed by atoms with Crippen LogP contribution in [0.25, 0.3) is 0 Å². The number of carbonyl (C=O) groups excluding carboxylic acids is 1. The number of hydrogen-bond donors (Lipinski definition) is 0. The fourth-order valence-corrected chi connectivity index (χ4v) is 3.03. The highest BCUT2D eigenvalue weighted by Crippen LogP contribution is 2.29. The van der Waals surface area contributed by atoms with Gasteiger partial charge < -0.3 is 9.32 Å². The van der Waals surface area contributed by atoms with E-state index < -0.39 is 0 Å². The van der Waals surface area contributed by atoms with Gasteiger partial charge in [-0.3, -0.25) is 4.79 Å². The SMILES string of the molecule is Cc1ccc(C(=O)N2CCC(c3nnc(C(C)C)o3)CC2)cc1C. The van der Waals surface area contributed by atoms with E-state index in [-0.39, 0.29) is 17.7 Å². The minimum absolute atomic E-state index is 0.116. The molecule has 1 amide bonds. The summed E-state index contributed by atoms with van der Waals surface area (Å²) in [7, 11) is 0. The molecule has 0 atom stereocenters. The molecule has 0 saturated carbocycles. The van der Waals surface area contributed by atoms with Crippen LogP contribution in [0.5, 0.6) is 0 Å². The first-order valence-corrected chi connectivity index (χ1v) is 8.65. The summed E-state index contributed by atoms with van der Waals surface area (Å²) in [5.41, 5.74) is 3.14. The molecule has 0 unspecified atom stereocenters. The standard InChI is InChI=1S/C19H25N3O2/c1-12(2)17-20-21-18(24-17)15-7-9-22(10-8-15)19(23)16-6-5-13(3)14(4)11-16/h5-6,11-12,15H,7-10H2,1-4H3. The molecule has 0 aliphatic carbocycles. The maximum absolute atomic E-state index is 12.7. The van der Waals surface area contributed by atoms with Crippen molar-refractivity contribution in [1.29, 1.82) is 0 Å². The molecule has 5 heteroatoms. The highest BCUT2D eigenvalue weighted by Gasteiger charge is 2.28. The normalized spacial score (nSPS) is 16.0. The number of benzene rings is 1. The minimum atomic E-state index is 0.116. The zero-order valence-corrected chi connectivity index (χ0v) is 14.9. The van der Waals surface area contributed by atoms with Gasteiger partial charge in [-0.15, -0.1) is 10.2 Å². The average Bonchev–Trinajstić information content (AvgIpc) is 3.07. The second-order valence-corrected chi connectivity index (χ2v) is 7.00. The Bertz CT molecular complexity index is 728. The van der Waals surface area contributed by atoms with Crippen molar-refractivity contribution in [2.45, 2.75) is 52.4 Å². The van der Waals surface area contributed by atoms with Crippen LogP contribution in [0, 0.1) is 13.8 Å². The van der Waals surface area contributed by atoms with Gasteiger partial charge >= 0.3 is 0 Å². The fraction of sp³-hybridized carbons (Fsp3) is 0.526. The third-order valence-corrected chi connectivity index (χ3v) is 4.84. The van der Waals surface area contributed by atoms with Crippen molar-refractivity contribution in [3.8, 4) is 0 Å². The number of likely N-dealkylation sites (tertiary alicyclic amines) is 1. The smallest absolute Gasteiger partial charge is 0.253 e. The average molecular weight is 327 g/mol. The topological polar surface area (TPSA) is 59.2 Å². The summed E-state index contributed by atoms with van der Waals surface area (Å²) in [6.07, 6.45) is 1.74. The molecule has 0 N–H and O–H groups in total. The van der Waals surface area contributed by atoms with E-state index in [9.17, 15) is 4.79 Å². The second kappa shape index (κ2) is 6.75. The van der Waals surface area contributed by atoms with E-state index >= 15 is 0 Å². The van der Waals surface area contributed by atoms with Crippen LogP contribution in [0.4, 0.5) is 0 Å². The molecule has 2 aromatic rings. The molecule has 2 heterocycles. The van der Waals surface area contributed by atoms with Crippen molar-refractivity contribution in [2.24, 2.45) is 0 Å². The van der Waals surface area contributed by atoms with Gasteiger partial charge in [-0.2, -0.15) is 0 Å². The predicted octanol–water partition coefficient (Wildman–Crippen LogP) is 3.83. The Morgan fingerprint density at radius 3 is 2.46 bits per heavy atom. The Morgan fingerprint density at radius 2 is 1.88 bits per heavy atom. The van der Waals surface area contributed by atoms with Gasteiger partial charge in [0.05, 0.1) is 0 Å². The zero-order valence-electron chi connectivity index (χ0n) is 14.9. The number of nitrogens with zero attached hydrogens (tertiary/aromatic N) is 3. The van der Waals surface area contributed by atoms with Gasteiger partial charge in [0.15, 0.2) is 0 Å². The summed E-state index contributed by atoms with van der Waals surface area (Å²) in [5, 5.41) is 8.30. The minimum Gasteiger partial charge on any atom is -0.425 e. The summed E-state index contributed by atoms with van der Waals surface area (Å²) < 4.78 is 5.77. The first kappa shape index (κ1) is 16.7. The summed E-state index contributed by atoms with van der Waals surface area (Å²) in [4.78, 5) is 14.6. The van der Waals surface area contributed by atoms with Crippen LogP contribution in [-0.2, 0) is 0 Å². The van der Waals surface area contributed by atoms with Gasteiger partial charge in [-0.05, 0) is 49.9 Å². The number of aryl methyl sites for hydroxylation is 2. The van der Waals surface area contributed by atoms with Crippen molar-refractivity contribution in [1.82, 2.24) is 15.1 Å². The van der Waals surface area contributed by atoms with Crippen molar-refractivity contribution in [3.63, 3.8) is 0 Å². The van der Waals surface area contributed by atoms with Gasteiger partial charge in [0.1, 0.15) is 0 Å². The lowest BCUT2D eigenvalue weighted by Crippen LogP contribution is -2.38. The number of carbonyl (C=O) groups is 1. The fourth-order valence-electron chi connectivity index (χ4n) is 3.03. The molecule has 1 aliphatic heterocycles. The third-order valence-electron chi connectivity index (χ3n) is 4.84. The molecule has 1 aromatic heterocycles. The maximum Gasteiger partial charge on any atom is 0.253 e. The molecular weight excluding hydrogens is 302 g/mol. The lowest BCUT2D eigenvalue weighted by Gasteiger charge is -2.30. The van der Waals surface area contributed by atoms with E-state index in [0.29, 0.717) is 5.89 Å². The Labute approximate surface area is 143 Å². The van der Waals surface area contributed by atoms with Crippen molar-refractivity contribution in [2.75, 3.05) is 13.1 Å². The molecule has 0 radical (unpaired) electrons. The van der Waals surface area contributed by atoms with E-state index in [2.05, 4.69) is 17.1 Å². The van der Waals surface area contributed by atoms with E-state index in [1.54, 1.807) is 0 Å². The summed E-state index contributed by atoms with van der Waals surface area (Å²) in [6, 6.07) is 5.92. The van der Waals surface area contributed by atoms with Crippen LogP contribution in [0.15, 0.2) is 22.6 Å². The van der Waals surface area contributed by atoms with Crippen LogP contribution in [-0.4, -0.2) is 34.1 Å².